The summed E-state index contributed by atoms with van der Waals surface area (Å²) >= 11 is 9.07. The molecular weight excluding hydrogens is 411 g/mol. The molecule has 0 aliphatic rings. The Bertz CT molecular complexity index is 830. The molecule has 1 heterocycles. The maximum Gasteiger partial charge on any atom is 0.141 e. The van der Waals surface area contributed by atoms with Crippen molar-refractivity contribution in [2.45, 2.75) is 6.54 Å². The van der Waals surface area contributed by atoms with E-state index in [0.29, 0.717) is 28.4 Å². The molecular formula is C16H17BrClFN6. The van der Waals surface area contributed by atoms with Crippen LogP contribution in [0.15, 0.2) is 58.8 Å². The molecule has 9 heteroatoms. The average Bonchev–Trinajstić information content (AvgIpc) is 2.99. The van der Waals surface area contributed by atoms with Crippen LogP contribution in [0.3, 0.4) is 0 Å². The Labute approximate surface area is 158 Å². The average molecular weight is 428 g/mol. The molecule has 2 aromatic rings. The van der Waals surface area contributed by atoms with Crippen molar-refractivity contribution in [1.29, 1.82) is 0 Å². The first kappa shape index (κ1) is 19.0. The Hall–Kier alpha value is -2.32. The van der Waals surface area contributed by atoms with Gasteiger partial charge in [0.05, 0.1) is 40.1 Å². The summed E-state index contributed by atoms with van der Waals surface area (Å²) < 4.78 is 15.6. The number of nitrogens with one attached hydrogen (secondary N) is 2. The topological polar surface area (TPSA) is 80.3 Å². The van der Waals surface area contributed by atoms with Gasteiger partial charge in [-0.2, -0.15) is 0 Å². The van der Waals surface area contributed by atoms with E-state index in [-0.39, 0.29) is 5.02 Å². The number of benzene rings is 1. The third-order valence-electron chi connectivity index (χ3n) is 3.16. The first-order chi connectivity index (χ1) is 11.9. The molecule has 0 radical (unpaired) electrons. The molecule has 0 aliphatic heterocycles. The van der Waals surface area contributed by atoms with E-state index in [9.17, 15) is 4.39 Å². The Balaban J connectivity index is 1.91. The van der Waals surface area contributed by atoms with Gasteiger partial charge in [0.2, 0.25) is 0 Å². The number of rotatable bonds is 7. The van der Waals surface area contributed by atoms with Crippen LogP contribution in [0.4, 0.5) is 10.1 Å². The number of hydrogen-bond acceptors (Lipinski definition) is 4. The summed E-state index contributed by atoms with van der Waals surface area (Å²) in [5.74, 6) is 0.302. The molecule has 0 bridgehead atoms. The van der Waals surface area contributed by atoms with Gasteiger partial charge in [-0.05, 0) is 34.1 Å². The van der Waals surface area contributed by atoms with E-state index in [4.69, 9.17) is 17.3 Å². The minimum Gasteiger partial charge on any atom is -0.383 e. The number of halogens is 3. The van der Waals surface area contributed by atoms with Crippen molar-refractivity contribution >= 4 is 39.1 Å². The van der Waals surface area contributed by atoms with Crippen LogP contribution in [0.2, 0.25) is 5.02 Å². The van der Waals surface area contributed by atoms with Crippen molar-refractivity contribution in [1.82, 2.24) is 14.9 Å². The van der Waals surface area contributed by atoms with Crippen molar-refractivity contribution in [3.05, 3.63) is 70.3 Å². The lowest BCUT2D eigenvalue weighted by Gasteiger charge is -2.10. The fraction of sp³-hybridized carbons (Fsp3) is 0.125. The summed E-state index contributed by atoms with van der Waals surface area (Å²) in [6.07, 6.45) is 5.03. The molecule has 0 saturated carbocycles. The first-order valence-electron chi connectivity index (χ1n) is 7.15. The first-order valence-corrected chi connectivity index (χ1v) is 8.32. The number of anilines is 1. The van der Waals surface area contributed by atoms with E-state index in [2.05, 4.69) is 43.1 Å². The van der Waals surface area contributed by atoms with Crippen molar-refractivity contribution in [2.75, 3.05) is 5.32 Å². The molecule has 132 valence electrons. The van der Waals surface area contributed by atoms with Crippen molar-refractivity contribution in [3.8, 4) is 0 Å². The number of aryl methyl sites for hydroxylation is 1. The van der Waals surface area contributed by atoms with E-state index in [1.54, 1.807) is 24.8 Å². The highest BCUT2D eigenvalue weighted by Gasteiger charge is 2.03. The molecule has 4 N–H and O–H groups in total. The highest BCUT2D eigenvalue weighted by atomic mass is 79.9. The van der Waals surface area contributed by atoms with Gasteiger partial charge in [-0.1, -0.05) is 18.2 Å². The van der Waals surface area contributed by atoms with E-state index < -0.39 is 5.82 Å². The highest BCUT2D eigenvalue weighted by Crippen LogP contribution is 2.20. The maximum atomic E-state index is 13.1. The van der Waals surface area contributed by atoms with Gasteiger partial charge in [0, 0.05) is 18.9 Å². The molecule has 1 aromatic heterocycles. The number of hydrogen-bond donors (Lipinski definition) is 3. The van der Waals surface area contributed by atoms with Gasteiger partial charge < -0.3 is 20.9 Å². The summed E-state index contributed by atoms with van der Waals surface area (Å²) in [5.41, 5.74) is 7.46. The third kappa shape index (κ3) is 5.61. The molecule has 0 aliphatic carbocycles. The van der Waals surface area contributed by atoms with E-state index in [0.717, 1.165) is 5.69 Å². The summed E-state index contributed by atoms with van der Waals surface area (Å²) in [5, 5.41) is 5.90. The van der Waals surface area contributed by atoms with Gasteiger partial charge in [-0.15, -0.1) is 0 Å². The zero-order valence-corrected chi connectivity index (χ0v) is 15.8. The van der Waals surface area contributed by atoms with E-state index in [1.165, 1.54) is 12.1 Å². The van der Waals surface area contributed by atoms with Crippen LogP contribution in [0.5, 0.6) is 0 Å². The van der Waals surface area contributed by atoms with Crippen LogP contribution >= 0.6 is 27.5 Å². The molecule has 0 fully saturated rings. The lowest BCUT2D eigenvalue weighted by Crippen LogP contribution is -2.17. The molecule has 0 unspecified atom stereocenters. The largest absolute Gasteiger partial charge is 0.383 e. The van der Waals surface area contributed by atoms with E-state index in [1.807, 2.05) is 11.6 Å². The zero-order chi connectivity index (χ0) is 18.4. The number of amidine groups is 1. The van der Waals surface area contributed by atoms with Gasteiger partial charge in [0.25, 0.3) is 0 Å². The van der Waals surface area contributed by atoms with Gasteiger partial charge >= 0.3 is 0 Å². The molecule has 0 amide bonds. The smallest absolute Gasteiger partial charge is 0.141 e. The lowest BCUT2D eigenvalue weighted by molar-refractivity contribution is 0.628. The molecule has 6 nitrogen and oxygen atoms in total. The standard InChI is InChI=1S/C16H17BrClFN6/c1-10(24-11-3-4-15(19)14(18)5-11)22-8-13(17)16(20)23-7-12-6-21-9-25(12)2/h3-6,8-9,22,24H,1,7H2,2H3,(H2,20,23). The SMILES string of the molecule is C=C(NC=C(Br)C(N)=NCc1cncn1C)Nc1ccc(F)c(Cl)c1. The quantitative estimate of drug-likeness (QED) is 0.467. The monoisotopic (exact) mass is 426 g/mol. The normalized spacial score (nSPS) is 12.2. The van der Waals surface area contributed by atoms with Crippen LogP contribution in [-0.4, -0.2) is 15.4 Å². The molecule has 2 rings (SSSR count). The summed E-state index contributed by atoms with van der Waals surface area (Å²) in [4.78, 5) is 8.30. The number of nitrogens with two attached hydrogens (primary N) is 1. The Kier molecular flexibility index (Phi) is 6.60. The van der Waals surface area contributed by atoms with Gasteiger partial charge in [0.15, 0.2) is 0 Å². The van der Waals surface area contributed by atoms with Crippen LogP contribution < -0.4 is 16.4 Å². The predicted molar refractivity (Wildman–Crippen MR) is 103 cm³/mol. The second-order valence-electron chi connectivity index (χ2n) is 5.07. The lowest BCUT2D eigenvalue weighted by atomic mass is 10.3. The van der Waals surface area contributed by atoms with Crippen molar-refractivity contribution < 1.29 is 4.39 Å². The van der Waals surface area contributed by atoms with Crippen molar-refractivity contribution in [2.24, 2.45) is 17.8 Å². The van der Waals surface area contributed by atoms with Crippen LogP contribution in [-0.2, 0) is 13.6 Å². The highest BCUT2D eigenvalue weighted by molar-refractivity contribution is 9.12. The molecule has 0 saturated heterocycles. The fourth-order valence-corrected chi connectivity index (χ4v) is 2.21. The van der Waals surface area contributed by atoms with Crippen LogP contribution in [0, 0.1) is 5.82 Å². The van der Waals surface area contributed by atoms with E-state index >= 15 is 0 Å². The van der Waals surface area contributed by atoms with Gasteiger partial charge in [-0.25, -0.2) is 9.37 Å². The minimum atomic E-state index is -0.481. The summed E-state index contributed by atoms with van der Waals surface area (Å²) in [6.45, 7) is 4.23. The molecule has 0 atom stereocenters. The molecule has 1 aromatic carbocycles. The van der Waals surface area contributed by atoms with Gasteiger partial charge in [0.1, 0.15) is 11.7 Å². The predicted octanol–water partition coefficient (Wildman–Crippen LogP) is 3.48. The Morgan fingerprint density at radius 3 is 2.96 bits per heavy atom. The van der Waals surface area contributed by atoms with Crippen LogP contribution in [0.25, 0.3) is 0 Å². The summed E-state index contributed by atoms with van der Waals surface area (Å²) in [6, 6.07) is 4.29. The number of aromatic nitrogens is 2. The summed E-state index contributed by atoms with van der Waals surface area (Å²) in [7, 11) is 1.89. The van der Waals surface area contributed by atoms with Crippen LogP contribution in [0.1, 0.15) is 5.69 Å². The van der Waals surface area contributed by atoms with Crippen molar-refractivity contribution in [3.63, 3.8) is 0 Å². The fourth-order valence-electron chi connectivity index (χ4n) is 1.79. The Morgan fingerprint density at radius 2 is 2.32 bits per heavy atom. The number of nitrogens with zero attached hydrogens (tertiary/aromatic N) is 3. The second kappa shape index (κ2) is 8.68. The number of imidazole rings is 1. The number of aliphatic imine (C=N–C) groups is 1. The second-order valence-corrected chi connectivity index (χ2v) is 6.33. The van der Waals surface area contributed by atoms with Gasteiger partial charge in [-0.3, -0.25) is 4.99 Å². The third-order valence-corrected chi connectivity index (χ3v) is 4.09. The maximum absolute atomic E-state index is 13.1. The zero-order valence-electron chi connectivity index (χ0n) is 13.4. The Morgan fingerprint density at radius 1 is 1.56 bits per heavy atom. The molecule has 25 heavy (non-hydrogen) atoms. The minimum absolute atomic E-state index is 0.0288. The molecule has 0 spiro atoms.